The Hall–Kier alpha value is -2.38. The van der Waals surface area contributed by atoms with E-state index >= 15 is 0 Å². The van der Waals surface area contributed by atoms with Crippen molar-refractivity contribution in [2.24, 2.45) is 5.92 Å². The van der Waals surface area contributed by atoms with Crippen LogP contribution in [-0.4, -0.2) is 39.0 Å². The summed E-state index contributed by atoms with van der Waals surface area (Å²) in [6, 6.07) is 12.6. The number of ether oxygens (including phenoxy) is 1. The van der Waals surface area contributed by atoms with Crippen molar-refractivity contribution in [3.63, 3.8) is 0 Å². The molecule has 2 aromatic carbocycles. The van der Waals surface area contributed by atoms with Crippen LogP contribution in [0.5, 0.6) is 5.75 Å². The number of carbonyl (C=O) groups excluding carboxylic acids is 1. The number of benzene rings is 2. The first-order valence-corrected chi connectivity index (χ1v) is 11.3. The molecule has 2 aromatic rings. The number of amides is 1. The van der Waals surface area contributed by atoms with E-state index in [4.69, 9.17) is 4.74 Å². The van der Waals surface area contributed by atoms with Gasteiger partial charge in [-0.25, -0.2) is 17.9 Å². The Kier molecular flexibility index (Phi) is 6.59. The second kappa shape index (κ2) is 8.97. The van der Waals surface area contributed by atoms with Crippen LogP contribution < -0.4 is 9.46 Å². The van der Waals surface area contributed by atoms with Crippen molar-refractivity contribution in [2.45, 2.75) is 38.5 Å². The highest BCUT2D eigenvalue weighted by atomic mass is 32.2. The lowest BCUT2D eigenvalue weighted by atomic mass is 9.97. The van der Waals surface area contributed by atoms with Crippen molar-refractivity contribution >= 4 is 16.1 Å². The van der Waals surface area contributed by atoms with E-state index in [0.717, 1.165) is 29.5 Å². The number of hydrogen-bond acceptors (Lipinski definition) is 4. The van der Waals surface area contributed by atoms with Gasteiger partial charge in [-0.3, -0.25) is 0 Å². The molecule has 0 aliphatic carbocycles. The predicted molar refractivity (Wildman–Crippen MR) is 113 cm³/mol. The van der Waals surface area contributed by atoms with Crippen LogP contribution in [0.4, 0.5) is 4.79 Å². The van der Waals surface area contributed by atoms with Gasteiger partial charge in [0, 0.05) is 19.6 Å². The van der Waals surface area contributed by atoms with Crippen LogP contribution >= 0.6 is 0 Å². The van der Waals surface area contributed by atoms with E-state index in [1.165, 1.54) is 0 Å². The van der Waals surface area contributed by atoms with Crippen molar-refractivity contribution in [1.82, 2.24) is 9.62 Å². The zero-order valence-electron chi connectivity index (χ0n) is 17.1. The molecule has 0 saturated carbocycles. The number of rotatable bonds is 5. The van der Waals surface area contributed by atoms with Gasteiger partial charge in [0.15, 0.2) is 0 Å². The Morgan fingerprint density at radius 1 is 1.03 bits per heavy atom. The maximum absolute atomic E-state index is 12.7. The Labute approximate surface area is 172 Å². The summed E-state index contributed by atoms with van der Waals surface area (Å²) in [6.07, 6.45) is 1.11. The first-order chi connectivity index (χ1) is 13.8. The van der Waals surface area contributed by atoms with Gasteiger partial charge in [-0.15, -0.1) is 0 Å². The molecule has 1 aliphatic rings. The molecule has 0 atom stereocenters. The highest BCUT2D eigenvalue weighted by Crippen LogP contribution is 2.22. The third kappa shape index (κ3) is 5.36. The fourth-order valence-corrected chi connectivity index (χ4v) is 4.93. The molecule has 1 saturated heterocycles. The molecule has 0 radical (unpaired) electrons. The number of nitrogens with one attached hydrogen (secondary N) is 1. The summed E-state index contributed by atoms with van der Waals surface area (Å²) in [7, 11) is -3.56. The Balaban J connectivity index is 1.52. The molecule has 3 rings (SSSR count). The van der Waals surface area contributed by atoms with E-state index in [2.05, 4.69) is 4.72 Å². The SMILES string of the molecule is Cc1cc(C)c(S(=O)(=O)NCC2CCN(C(=O)Oc3ccccc3)CC2)cc1C. The van der Waals surface area contributed by atoms with Gasteiger partial charge in [-0.2, -0.15) is 0 Å². The fraction of sp³-hybridized carbons (Fsp3) is 0.409. The molecule has 1 fully saturated rings. The van der Waals surface area contributed by atoms with Gasteiger partial charge < -0.3 is 9.64 Å². The lowest BCUT2D eigenvalue weighted by Crippen LogP contribution is -2.42. The first-order valence-electron chi connectivity index (χ1n) is 9.85. The molecule has 1 aliphatic heterocycles. The van der Waals surface area contributed by atoms with Crippen LogP contribution in [-0.2, 0) is 10.0 Å². The number of likely N-dealkylation sites (tertiary alicyclic amines) is 1. The first kappa shape index (κ1) is 21.3. The van der Waals surface area contributed by atoms with Crippen molar-refractivity contribution in [2.75, 3.05) is 19.6 Å². The number of hydrogen-bond donors (Lipinski definition) is 1. The highest BCUT2D eigenvalue weighted by Gasteiger charge is 2.26. The van der Waals surface area contributed by atoms with E-state index in [1.54, 1.807) is 23.1 Å². The average Bonchev–Trinajstić information content (AvgIpc) is 2.70. The van der Waals surface area contributed by atoms with Crippen LogP contribution in [0.2, 0.25) is 0 Å². The molecule has 1 amide bonds. The molecule has 1 heterocycles. The molecular weight excluding hydrogens is 388 g/mol. The second-order valence-corrected chi connectivity index (χ2v) is 9.40. The smallest absolute Gasteiger partial charge is 0.410 e. The quantitative estimate of drug-likeness (QED) is 0.804. The van der Waals surface area contributed by atoms with Gasteiger partial charge >= 0.3 is 6.09 Å². The molecule has 0 bridgehead atoms. The summed E-state index contributed by atoms with van der Waals surface area (Å²) in [5, 5.41) is 0. The molecule has 1 N–H and O–H groups in total. The van der Waals surface area contributed by atoms with Gasteiger partial charge in [0.25, 0.3) is 0 Å². The molecule has 156 valence electrons. The van der Waals surface area contributed by atoms with Gasteiger partial charge in [-0.05, 0) is 74.4 Å². The minimum absolute atomic E-state index is 0.192. The van der Waals surface area contributed by atoms with Gasteiger partial charge in [-0.1, -0.05) is 24.3 Å². The zero-order valence-corrected chi connectivity index (χ0v) is 18.0. The summed E-state index contributed by atoms with van der Waals surface area (Å²) in [5.41, 5.74) is 2.79. The lowest BCUT2D eigenvalue weighted by molar-refractivity contribution is 0.131. The summed E-state index contributed by atoms with van der Waals surface area (Å²) < 4.78 is 33.6. The molecular formula is C22H28N2O4S. The van der Waals surface area contributed by atoms with E-state index in [9.17, 15) is 13.2 Å². The number of aryl methyl sites for hydroxylation is 3. The zero-order chi connectivity index (χ0) is 21.0. The normalized spacial score (nSPS) is 15.3. The Morgan fingerprint density at radius 3 is 2.31 bits per heavy atom. The van der Waals surface area contributed by atoms with Crippen LogP contribution in [0.1, 0.15) is 29.5 Å². The van der Waals surface area contributed by atoms with Gasteiger partial charge in [0.1, 0.15) is 5.75 Å². The number of sulfonamides is 1. The standard InChI is InChI=1S/C22H28N2O4S/c1-16-13-18(3)21(14-17(16)2)29(26,27)23-15-19-9-11-24(12-10-19)22(25)28-20-7-5-4-6-8-20/h4-8,13-14,19,23H,9-12,15H2,1-3H3. The minimum atomic E-state index is -3.56. The van der Waals surface area contributed by atoms with Crippen molar-refractivity contribution in [3.8, 4) is 5.75 Å². The third-order valence-corrected chi connectivity index (χ3v) is 7.03. The summed E-state index contributed by atoms with van der Waals surface area (Å²) in [5.74, 6) is 0.716. The van der Waals surface area contributed by atoms with Crippen LogP contribution in [0, 0.1) is 26.7 Å². The third-order valence-electron chi connectivity index (χ3n) is 5.46. The van der Waals surface area contributed by atoms with Gasteiger partial charge in [0.2, 0.25) is 10.0 Å². The highest BCUT2D eigenvalue weighted by molar-refractivity contribution is 7.89. The van der Waals surface area contributed by atoms with Crippen LogP contribution in [0.3, 0.4) is 0 Å². The molecule has 0 unspecified atom stereocenters. The van der Waals surface area contributed by atoms with E-state index in [0.29, 0.717) is 30.3 Å². The van der Waals surface area contributed by atoms with Crippen molar-refractivity contribution in [1.29, 1.82) is 0 Å². The molecule has 0 aromatic heterocycles. The number of para-hydroxylation sites is 1. The van der Waals surface area contributed by atoms with Crippen LogP contribution in [0.15, 0.2) is 47.4 Å². The molecule has 7 heteroatoms. The lowest BCUT2D eigenvalue weighted by Gasteiger charge is -2.31. The summed E-state index contributed by atoms with van der Waals surface area (Å²) >= 11 is 0. The number of piperidine rings is 1. The monoisotopic (exact) mass is 416 g/mol. The summed E-state index contributed by atoms with van der Waals surface area (Å²) in [4.78, 5) is 14.3. The average molecular weight is 417 g/mol. The Bertz CT molecular complexity index is 966. The molecule has 6 nitrogen and oxygen atoms in total. The van der Waals surface area contributed by atoms with E-state index in [-0.39, 0.29) is 12.0 Å². The second-order valence-electron chi connectivity index (χ2n) is 7.67. The molecule has 0 spiro atoms. The largest absolute Gasteiger partial charge is 0.415 e. The minimum Gasteiger partial charge on any atom is -0.410 e. The Morgan fingerprint density at radius 2 is 1.66 bits per heavy atom. The topological polar surface area (TPSA) is 75.7 Å². The maximum atomic E-state index is 12.7. The fourth-order valence-electron chi connectivity index (χ4n) is 3.50. The summed E-state index contributed by atoms with van der Waals surface area (Å²) in [6.45, 7) is 7.19. The van der Waals surface area contributed by atoms with E-state index in [1.807, 2.05) is 45.0 Å². The number of carbonyl (C=O) groups is 1. The van der Waals surface area contributed by atoms with Crippen molar-refractivity contribution in [3.05, 3.63) is 59.2 Å². The maximum Gasteiger partial charge on any atom is 0.415 e. The van der Waals surface area contributed by atoms with Crippen molar-refractivity contribution < 1.29 is 17.9 Å². The molecule has 29 heavy (non-hydrogen) atoms. The van der Waals surface area contributed by atoms with Crippen LogP contribution in [0.25, 0.3) is 0 Å². The predicted octanol–water partition coefficient (Wildman–Crippen LogP) is 3.80. The number of nitrogens with zero attached hydrogens (tertiary/aromatic N) is 1. The van der Waals surface area contributed by atoms with E-state index < -0.39 is 10.0 Å². The van der Waals surface area contributed by atoms with Gasteiger partial charge in [0.05, 0.1) is 4.90 Å².